The van der Waals surface area contributed by atoms with E-state index in [0.717, 1.165) is 25.9 Å². The molecule has 0 aromatic carbocycles. The van der Waals surface area contributed by atoms with Crippen LogP contribution in [0.5, 0.6) is 0 Å². The predicted octanol–water partition coefficient (Wildman–Crippen LogP) is -0.592. The van der Waals surface area contributed by atoms with Gasteiger partial charge in [-0.25, -0.2) is 4.79 Å². The van der Waals surface area contributed by atoms with Gasteiger partial charge in [-0.15, -0.1) is 0 Å². The number of piperidine rings is 1. The summed E-state index contributed by atoms with van der Waals surface area (Å²) in [6.07, 6.45) is 1.14. The van der Waals surface area contributed by atoms with E-state index in [4.69, 9.17) is 10.2 Å². The first kappa shape index (κ1) is 14.2. The fourth-order valence-electron chi connectivity index (χ4n) is 2.35. The Hall–Kier alpha value is -0.850. The summed E-state index contributed by atoms with van der Waals surface area (Å²) in [6.45, 7) is 2.44. The summed E-state index contributed by atoms with van der Waals surface area (Å²) < 4.78 is 4.58. The second-order valence-corrected chi connectivity index (χ2v) is 4.43. The highest BCUT2D eigenvalue weighted by Gasteiger charge is 2.27. The molecule has 3 N–H and O–H groups in total. The van der Waals surface area contributed by atoms with Crippen molar-refractivity contribution in [2.75, 3.05) is 40.0 Å². The van der Waals surface area contributed by atoms with Gasteiger partial charge in [0, 0.05) is 32.3 Å². The first-order valence-electron chi connectivity index (χ1n) is 5.98. The van der Waals surface area contributed by atoms with E-state index in [0.29, 0.717) is 12.5 Å². The van der Waals surface area contributed by atoms with Crippen molar-refractivity contribution in [1.29, 1.82) is 0 Å². The second kappa shape index (κ2) is 7.47. The van der Waals surface area contributed by atoms with E-state index >= 15 is 0 Å². The van der Waals surface area contributed by atoms with E-state index in [1.54, 1.807) is 0 Å². The highest BCUT2D eigenvalue weighted by molar-refractivity contribution is 5.67. The van der Waals surface area contributed by atoms with Crippen molar-refractivity contribution < 1.29 is 19.7 Å². The summed E-state index contributed by atoms with van der Waals surface area (Å²) in [4.78, 5) is 13.3. The molecule has 17 heavy (non-hydrogen) atoms. The minimum atomic E-state index is -0.427. The van der Waals surface area contributed by atoms with Gasteiger partial charge in [-0.1, -0.05) is 0 Å². The van der Waals surface area contributed by atoms with Crippen LogP contribution in [-0.2, 0) is 4.74 Å². The standard InChI is InChI=1S/C11H22N2O4/c1-17-11(16)12-10-6-9(2-4-14)7-13(8-10)3-5-15/h9-10,14-15H,2-8H2,1H3,(H,12,16). The first-order chi connectivity index (χ1) is 8.19. The molecule has 2 atom stereocenters. The maximum absolute atomic E-state index is 11.2. The number of ether oxygens (including phenoxy) is 1. The van der Waals surface area contributed by atoms with E-state index in [9.17, 15) is 4.79 Å². The molecule has 100 valence electrons. The molecule has 1 amide bonds. The van der Waals surface area contributed by atoms with E-state index in [-0.39, 0.29) is 19.3 Å². The van der Waals surface area contributed by atoms with Crippen LogP contribution in [0.4, 0.5) is 4.79 Å². The Morgan fingerprint density at radius 3 is 2.76 bits per heavy atom. The molecular formula is C11H22N2O4. The average molecular weight is 246 g/mol. The maximum Gasteiger partial charge on any atom is 0.407 e. The molecule has 1 fully saturated rings. The predicted molar refractivity (Wildman–Crippen MR) is 62.7 cm³/mol. The lowest BCUT2D eigenvalue weighted by Gasteiger charge is -2.37. The minimum Gasteiger partial charge on any atom is -0.453 e. The minimum absolute atomic E-state index is 0.0271. The molecule has 1 aliphatic rings. The van der Waals surface area contributed by atoms with Crippen LogP contribution in [0.1, 0.15) is 12.8 Å². The van der Waals surface area contributed by atoms with Crippen LogP contribution >= 0.6 is 0 Å². The van der Waals surface area contributed by atoms with Crippen LogP contribution in [-0.4, -0.2) is 67.2 Å². The monoisotopic (exact) mass is 246 g/mol. The van der Waals surface area contributed by atoms with E-state index in [2.05, 4.69) is 15.0 Å². The van der Waals surface area contributed by atoms with Gasteiger partial charge in [0.15, 0.2) is 0 Å². The molecule has 0 aliphatic carbocycles. The smallest absolute Gasteiger partial charge is 0.407 e. The molecule has 0 aromatic heterocycles. The number of amides is 1. The van der Waals surface area contributed by atoms with Gasteiger partial charge in [-0.3, -0.25) is 4.90 Å². The molecule has 6 nitrogen and oxygen atoms in total. The number of rotatable bonds is 5. The number of β-amino-alcohol motifs (C(OH)–C–C–N with tert-alkyl or cyclic N) is 1. The molecule has 0 spiro atoms. The Labute approximate surface area is 102 Å². The number of aliphatic hydroxyl groups is 2. The van der Waals surface area contributed by atoms with E-state index in [1.165, 1.54) is 7.11 Å². The van der Waals surface area contributed by atoms with Crippen LogP contribution in [0.2, 0.25) is 0 Å². The molecular weight excluding hydrogens is 224 g/mol. The summed E-state index contributed by atoms with van der Waals surface area (Å²) >= 11 is 0. The number of alkyl carbamates (subject to hydrolysis) is 1. The van der Waals surface area contributed by atoms with Crippen LogP contribution in [0.25, 0.3) is 0 Å². The molecule has 1 saturated heterocycles. The van der Waals surface area contributed by atoms with Gasteiger partial charge in [0.05, 0.1) is 13.7 Å². The van der Waals surface area contributed by atoms with E-state index in [1.807, 2.05) is 0 Å². The summed E-state index contributed by atoms with van der Waals surface area (Å²) in [6, 6.07) is 0.0271. The Kier molecular flexibility index (Phi) is 6.25. The lowest BCUT2D eigenvalue weighted by molar-refractivity contribution is 0.0972. The molecule has 0 saturated carbocycles. The Morgan fingerprint density at radius 1 is 1.41 bits per heavy atom. The zero-order valence-electron chi connectivity index (χ0n) is 10.3. The van der Waals surface area contributed by atoms with Crippen molar-refractivity contribution in [3.05, 3.63) is 0 Å². The molecule has 0 aromatic rings. The van der Waals surface area contributed by atoms with Crippen molar-refractivity contribution in [1.82, 2.24) is 10.2 Å². The summed E-state index contributed by atoms with van der Waals surface area (Å²) in [7, 11) is 1.34. The molecule has 6 heteroatoms. The summed E-state index contributed by atoms with van der Waals surface area (Å²) in [5, 5.41) is 20.7. The van der Waals surface area contributed by atoms with Gasteiger partial charge < -0.3 is 20.3 Å². The number of likely N-dealkylation sites (tertiary alicyclic amines) is 1. The van der Waals surface area contributed by atoms with Crippen LogP contribution in [0.3, 0.4) is 0 Å². The van der Waals surface area contributed by atoms with Crippen LogP contribution < -0.4 is 5.32 Å². The SMILES string of the molecule is COC(=O)NC1CC(CCO)CN(CCO)C1. The fourth-order valence-corrected chi connectivity index (χ4v) is 2.35. The number of carbonyl (C=O) groups is 1. The Morgan fingerprint density at radius 2 is 2.18 bits per heavy atom. The fraction of sp³-hybridized carbons (Fsp3) is 0.909. The number of methoxy groups -OCH3 is 1. The largest absolute Gasteiger partial charge is 0.453 e. The normalized spacial score (nSPS) is 25.6. The second-order valence-electron chi connectivity index (χ2n) is 4.43. The number of nitrogens with zero attached hydrogens (tertiary/aromatic N) is 1. The van der Waals surface area contributed by atoms with Crippen molar-refractivity contribution in [2.45, 2.75) is 18.9 Å². The molecule has 1 rings (SSSR count). The maximum atomic E-state index is 11.2. The van der Waals surface area contributed by atoms with Crippen molar-refractivity contribution in [3.63, 3.8) is 0 Å². The van der Waals surface area contributed by atoms with E-state index < -0.39 is 6.09 Å². The molecule has 1 aliphatic heterocycles. The lowest BCUT2D eigenvalue weighted by atomic mass is 9.92. The van der Waals surface area contributed by atoms with Gasteiger partial charge in [0.1, 0.15) is 0 Å². The lowest BCUT2D eigenvalue weighted by Crippen LogP contribution is -2.51. The zero-order chi connectivity index (χ0) is 12.7. The molecule has 1 heterocycles. The van der Waals surface area contributed by atoms with Gasteiger partial charge in [0.25, 0.3) is 0 Å². The van der Waals surface area contributed by atoms with Crippen molar-refractivity contribution in [2.24, 2.45) is 5.92 Å². The molecule has 0 radical (unpaired) electrons. The third-order valence-electron chi connectivity index (χ3n) is 3.07. The highest BCUT2D eigenvalue weighted by Crippen LogP contribution is 2.19. The van der Waals surface area contributed by atoms with Gasteiger partial charge in [-0.05, 0) is 18.8 Å². The quantitative estimate of drug-likeness (QED) is 0.604. The average Bonchev–Trinajstić information content (AvgIpc) is 2.29. The summed E-state index contributed by atoms with van der Waals surface area (Å²) in [5.74, 6) is 0.349. The third-order valence-corrected chi connectivity index (χ3v) is 3.07. The highest BCUT2D eigenvalue weighted by atomic mass is 16.5. The topological polar surface area (TPSA) is 82.0 Å². The zero-order valence-corrected chi connectivity index (χ0v) is 10.3. The van der Waals surface area contributed by atoms with Crippen molar-refractivity contribution >= 4 is 6.09 Å². The number of nitrogens with one attached hydrogen (secondary N) is 1. The van der Waals surface area contributed by atoms with Gasteiger partial charge in [-0.2, -0.15) is 0 Å². The summed E-state index contributed by atoms with van der Waals surface area (Å²) in [5.41, 5.74) is 0. The number of hydrogen-bond donors (Lipinski definition) is 3. The van der Waals surface area contributed by atoms with Gasteiger partial charge >= 0.3 is 6.09 Å². The molecule has 2 unspecified atom stereocenters. The van der Waals surface area contributed by atoms with Crippen LogP contribution in [0, 0.1) is 5.92 Å². The molecule has 0 bridgehead atoms. The Bertz CT molecular complexity index is 224. The van der Waals surface area contributed by atoms with Crippen molar-refractivity contribution in [3.8, 4) is 0 Å². The van der Waals surface area contributed by atoms with Gasteiger partial charge in [0.2, 0.25) is 0 Å². The third kappa shape index (κ3) is 4.89. The first-order valence-corrected chi connectivity index (χ1v) is 5.98. The number of hydrogen-bond acceptors (Lipinski definition) is 5. The number of aliphatic hydroxyl groups excluding tert-OH is 2. The van der Waals surface area contributed by atoms with Crippen LogP contribution in [0.15, 0.2) is 0 Å². The Balaban J connectivity index is 2.48. The number of carbonyl (C=O) groups excluding carboxylic acids is 1.